The van der Waals surface area contributed by atoms with Gasteiger partial charge in [-0.1, -0.05) is 29.3 Å². The Morgan fingerprint density at radius 3 is 2.16 bits per heavy atom. The molecule has 7 nitrogen and oxygen atoms in total. The van der Waals surface area contributed by atoms with Gasteiger partial charge in [0.05, 0.1) is 16.1 Å². The van der Waals surface area contributed by atoms with Crippen molar-refractivity contribution < 1.29 is 23.1 Å². The lowest BCUT2D eigenvalue weighted by Crippen LogP contribution is -2.29. The Morgan fingerprint density at radius 1 is 0.906 bits per heavy atom. The van der Waals surface area contributed by atoms with Gasteiger partial charge in [0.2, 0.25) is 0 Å². The zero-order valence-electron chi connectivity index (χ0n) is 16.4. The Labute approximate surface area is 194 Å². The van der Waals surface area contributed by atoms with E-state index in [-0.39, 0.29) is 32.6 Å². The number of aromatic carboxylic acids is 1. The predicted octanol–water partition coefficient (Wildman–Crippen LogP) is 4.70. The highest BCUT2D eigenvalue weighted by Gasteiger charge is 2.32. The second-order valence-corrected chi connectivity index (χ2v) is 9.85. The van der Waals surface area contributed by atoms with Crippen LogP contribution in [0.1, 0.15) is 26.3 Å². The number of carboxylic acids is 1. The summed E-state index contributed by atoms with van der Waals surface area (Å²) in [6.07, 6.45) is 0.501. The highest BCUT2D eigenvalue weighted by Crippen LogP contribution is 2.35. The van der Waals surface area contributed by atoms with E-state index in [2.05, 4.69) is 5.32 Å². The second-order valence-electron chi connectivity index (χ2n) is 7.11. The molecule has 0 fully saturated rings. The molecule has 0 atom stereocenters. The first-order valence-corrected chi connectivity index (χ1v) is 11.6. The van der Waals surface area contributed by atoms with E-state index >= 15 is 0 Å². The first-order chi connectivity index (χ1) is 15.1. The highest BCUT2D eigenvalue weighted by molar-refractivity contribution is 7.92. The monoisotopic (exact) mass is 490 g/mol. The molecule has 0 spiro atoms. The largest absolute Gasteiger partial charge is 0.478 e. The van der Waals surface area contributed by atoms with Crippen LogP contribution in [0.15, 0.2) is 65.6 Å². The molecule has 0 radical (unpaired) electrons. The Morgan fingerprint density at radius 2 is 1.53 bits per heavy atom. The number of hydrogen-bond donors (Lipinski definition) is 2. The van der Waals surface area contributed by atoms with E-state index in [9.17, 15) is 18.0 Å². The minimum Gasteiger partial charge on any atom is -0.478 e. The normalized spacial score (nSPS) is 13.0. The van der Waals surface area contributed by atoms with Crippen molar-refractivity contribution in [3.05, 3.63) is 87.4 Å². The van der Waals surface area contributed by atoms with Gasteiger partial charge in [-0.15, -0.1) is 0 Å². The van der Waals surface area contributed by atoms with Crippen LogP contribution in [0.5, 0.6) is 0 Å². The lowest BCUT2D eigenvalue weighted by atomic mass is 10.1. The molecule has 0 aliphatic carbocycles. The molecule has 2 N–H and O–H groups in total. The van der Waals surface area contributed by atoms with Gasteiger partial charge in [-0.3, -0.25) is 9.10 Å². The van der Waals surface area contributed by atoms with Gasteiger partial charge in [-0.25, -0.2) is 13.2 Å². The minimum atomic E-state index is -3.93. The number of hydrogen-bond acceptors (Lipinski definition) is 4. The summed E-state index contributed by atoms with van der Waals surface area (Å²) in [7, 11) is -3.93. The zero-order chi connectivity index (χ0) is 23.0. The molecule has 1 aliphatic heterocycles. The van der Waals surface area contributed by atoms with Crippen molar-refractivity contribution in [3.8, 4) is 0 Å². The molecule has 3 aromatic carbocycles. The number of rotatable bonds is 5. The summed E-state index contributed by atoms with van der Waals surface area (Å²) in [6, 6.07) is 14.7. The molecule has 1 aliphatic rings. The van der Waals surface area contributed by atoms with Crippen molar-refractivity contribution >= 4 is 56.5 Å². The topological polar surface area (TPSA) is 104 Å². The van der Waals surface area contributed by atoms with E-state index in [1.165, 1.54) is 52.8 Å². The van der Waals surface area contributed by atoms with Crippen molar-refractivity contribution in [1.29, 1.82) is 0 Å². The number of nitrogens with one attached hydrogen (secondary N) is 1. The van der Waals surface area contributed by atoms with Gasteiger partial charge in [0, 0.05) is 27.8 Å². The number of sulfonamides is 1. The van der Waals surface area contributed by atoms with E-state index in [1.807, 2.05) is 0 Å². The number of carbonyl (C=O) groups excluding carboxylic acids is 1. The fourth-order valence-corrected chi connectivity index (χ4v) is 5.67. The number of carbonyl (C=O) groups is 2. The summed E-state index contributed by atoms with van der Waals surface area (Å²) < 4.78 is 27.7. The molecular weight excluding hydrogens is 475 g/mol. The SMILES string of the molecule is O=C(O)c1ccc(NC(=O)c2ccc3c(c2)N(S(=O)(=O)c2cc(Cl)cc(Cl)c2)CC3)cc1. The van der Waals surface area contributed by atoms with Crippen LogP contribution >= 0.6 is 23.2 Å². The van der Waals surface area contributed by atoms with Crippen molar-refractivity contribution in [2.45, 2.75) is 11.3 Å². The highest BCUT2D eigenvalue weighted by atomic mass is 35.5. The molecule has 0 saturated carbocycles. The average molecular weight is 491 g/mol. The summed E-state index contributed by atoms with van der Waals surface area (Å²) in [4.78, 5) is 23.6. The molecule has 164 valence electrons. The molecule has 0 bridgehead atoms. The van der Waals surface area contributed by atoms with Crippen LogP contribution in [-0.2, 0) is 16.4 Å². The Balaban J connectivity index is 1.62. The molecule has 1 heterocycles. The number of benzene rings is 3. The maximum atomic E-state index is 13.2. The molecule has 1 amide bonds. The number of amides is 1. The molecule has 3 aromatic rings. The number of carboxylic acid groups (broad SMARTS) is 1. The van der Waals surface area contributed by atoms with Crippen molar-refractivity contribution in [2.75, 3.05) is 16.2 Å². The summed E-state index contributed by atoms with van der Waals surface area (Å²) in [5.74, 6) is -1.52. The van der Waals surface area contributed by atoms with Gasteiger partial charge in [-0.05, 0) is 66.6 Å². The van der Waals surface area contributed by atoms with Crippen LogP contribution in [0.4, 0.5) is 11.4 Å². The maximum absolute atomic E-state index is 13.2. The van der Waals surface area contributed by atoms with Gasteiger partial charge < -0.3 is 10.4 Å². The summed E-state index contributed by atoms with van der Waals surface area (Å²) in [5.41, 5.74) is 1.98. The summed E-state index contributed by atoms with van der Waals surface area (Å²) in [6.45, 7) is 0.226. The van der Waals surface area contributed by atoms with Crippen LogP contribution in [0.3, 0.4) is 0 Å². The summed E-state index contributed by atoms with van der Waals surface area (Å²) >= 11 is 12.0. The number of halogens is 2. The Hall–Kier alpha value is -3.07. The average Bonchev–Trinajstić information content (AvgIpc) is 3.17. The van der Waals surface area contributed by atoms with E-state index in [0.29, 0.717) is 17.8 Å². The van der Waals surface area contributed by atoms with E-state index in [4.69, 9.17) is 28.3 Å². The van der Waals surface area contributed by atoms with Gasteiger partial charge in [0.1, 0.15) is 0 Å². The third-order valence-corrected chi connectivity index (χ3v) is 7.24. The minimum absolute atomic E-state index is 0.0313. The standard InChI is InChI=1S/C22H16Cl2N2O5S/c23-16-10-17(24)12-19(11-16)32(30,31)26-8-7-13-1-2-15(9-20(13)26)21(27)25-18-5-3-14(4-6-18)22(28)29/h1-6,9-12H,7-8H2,(H,25,27)(H,28,29). The molecular formula is C22H16Cl2N2O5S. The van der Waals surface area contributed by atoms with Gasteiger partial charge in [-0.2, -0.15) is 0 Å². The van der Waals surface area contributed by atoms with Crippen LogP contribution in [0, 0.1) is 0 Å². The lowest BCUT2D eigenvalue weighted by molar-refractivity contribution is 0.0696. The van der Waals surface area contributed by atoms with Gasteiger partial charge >= 0.3 is 5.97 Å². The van der Waals surface area contributed by atoms with Crippen LogP contribution in [0.25, 0.3) is 0 Å². The molecule has 32 heavy (non-hydrogen) atoms. The fourth-order valence-electron chi connectivity index (χ4n) is 3.44. The second kappa shape index (κ2) is 8.46. The fraction of sp³-hybridized carbons (Fsp3) is 0.0909. The van der Waals surface area contributed by atoms with Crippen LogP contribution in [-0.4, -0.2) is 31.9 Å². The Kier molecular flexibility index (Phi) is 5.85. The van der Waals surface area contributed by atoms with E-state index in [1.54, 1.807) is 12.1 Å². The molecule has 10 heteroatoms. The lowest BCUT2D eigenvalue weighted by Gasteiger charge is -2.20. The van der Waals surface area contributed by atoms with Gasteiger partial charge in [0.25, 0.3) is 15.9 Å². The molecule has 4 rings (SSSR count). The van der Waals surface area contributed by atoms with E-state index < -0.39 is 21.9 Å². The zero-order valence-corrected chi connectivity index (χ0v) is 18.7. The van der Waals surface area contributed by atoms with Crippen LogP contribution in [0.2, 0.25) is 10.0 Å². The van der Waals surface area contributed by atoms with Crippen molar-refractivity contribution in [3.63, 3.8) is 0 Å². The van der Waals surface area contributed by atoms with Gasteiger partial charge in [0.15, 0.2) is 0 Å². The third kappa shape index (κ3) is 4.29. The number of fused-ring (bicyclic) bond motifs is 1. The molecule has 0 unspecified atom stereocenters. The quantitative estimate of drug-likeness (QED) is 0.539. The Bertz CT molecular complexity index is 1320. The predicted molar refractivity (Wildman–Crippen MR) is 122 cm³/mol. The smallest absolute Gasteiger partial charge is 0.335 e. The first kappa shape index (κ1) is 22.1. The number of anilines is 2. The molecule has 0 aromatic heterocycles. The van der Waals surface area contributed by atoms with E-state index in [0.717, 1.165) is 5.56 Å². The summed E-state index contributed by atoms with van der Waals surface area (Å²) in [5, 5.41) is 12.1. The third-order valence-electron chi connectivity index (χ3n) is 5.01. The van der Waals surface area contributed by atoms with Crippen molar-refractivity contribution in [1.82, 2.24) is 0 Å². The van der Waals surface area contributed by atoms with Crippen LogP contribution < -0.4 is 9.62 Å². The maximum Gasteiger partial charge on any atom is 0.335 e. The molecule has 0 saturated heterocycles. The van der Waals surface area contributed by atoms with Crippen molar-refractivity contribution in [2.24, 2.45) is 0 Å². The number of nitrogens with zero attached hydrogens (tertiary/aromatic N) is 1. The first-order valence-electron chi connectivity index (χ1n) is 9.41.